The molecule has 2 aliphatic carbocycles. The molecular weight excluding hydrogens is 671 g/mol. The van der Waals surface area contributed by atoms with E-state index in [1.165, 1.54) is 16.2 Å². The summed E-state index contributed by atoms with van der Waals surface area (Å²) in [5, 5.41) is 5.86. The molecule has 252 valence electrons. The second kappa shape index (κ2) is 12.2. The minimum atomic E-state index is -0.386. The van der Waals surface area contributed by atoms with Crippen LogP contribution in [0.1, 0.15) is 29.7 Å². The van der Waals surface area contributed by atoms with Gasteiger partial charge < -0.3 is 19.8 Å². The van der Waals surface area contributed by atoms with E-state index in [1.807, 2.05) is 97.9 Å². The summed E-state index contributed by atoms with van der Waals surface area (Å²) in [7, 11) is 0. The largest absolute Gasteiger partial charge is 0.490 e. The van der Waals surface area contributed by atoms with E-state index in [1.54, 1.807) is 11.8 Å². The van der Waals surface area contributed by atoms with Crippen LogP contribution in [-0.2, 0) is 14.4 Å². The molecule has 4 aromatic carbocycles. The van der Waals surface area contributed by atoms with E-state index in [4.69, 9.17) is 9.47 Å². The minimum Gasteiger partial charge on any atom is -0.490 e. The van der Waals surface area contributed by atoms with Crippen molar-refractivity contribution in [3.63, 3.8) is 0 Å². The van der Waals surface area contributed by atoms with Crippen LogP contribution in [0.5, 0.6) is 11.5 Å². The van der Waals surface area contributed by atoms with E-state index >= 15 is 0 Å². The molecule has 4 aliphatic rings. The van der Waals surface area contributed by atoms with Gasteiger partial charge in [-0.3, -0.25) is 24.1 Å². The number of carbonyl (C=O) groups excluding carboxylic acids is 3. The van der Waals surface area contributed by atoms with Gasteiger partial charge in [-0.05, 0) is 72.4 Å². The van der Waals surface area contributed by atoms with E-state index in [2.05, 4.69) is 10.3 Å². The van der Waals surface area contributed by atoms with E-state index < -0.39 is 0 Å². The second-order valence-corrected chi connectivity index (χ2v) is 15.5. The molecule has 3 heterocycles. The lowest BCUT2D eigenvalue weighted by Gasteiger charge is -2.43. The molecule has 2 N–H and O–H groups in total. The Labute approximate surface area is 296 Å². The highest BCUT2D eigenvalue weighted by Crippen LogP contribution is 2.68. The topological polar surface area (TPSA) is 118 Å². The number of thioether (sulfide) groups is 1. The number of hydrogen-bond acceptors (Lipinski definition) is 8. The normalized spacial score (nSPS) is 26.1. The number of H-pyrrole nitrogens is 1. The first kappa shape index (κ1) is 31.1. The number of nitrogens with one attached hydrogen (secondary N) is 2. The third-order valence-electron chi connectivity index (χ3n) is 10.8. The van der Waals surface area contributed by atoms with Gasteiger partial charge in [0.05, 0.1) is 29.2 Å². The maximum absolute atomic E-state index is 14.0. The predicted octanol–water partition coefficient (Wildman–Crippen LogP) is 6.68. The van der Waals surface area contributed by atoms with Crippen molar-refractivity contribution < 1.29 is 23.9 Å². The van der Waals surface area contributed by atoms with E-state index in [-0.39, 0.29) is 70.0 Å². The van der Waals surface area contributed by atoms with Crippen LogP contribution < -0.4 is 24.6 Å². The fraction of sp³-hybridized carbons (Fsp3) is 0.282. The fourth-order valence-corrected chi connectivity index (χ4v) is 11.9. The number of benzene rings is 4. The monoisotopic (exact) mass is 703 g/mol. The highest BCUT2D eigenvalue weighted by atomic mass is 32.2. The van der Waals surface area contributed by atoms with Crippen molar-refractivity contribution in [3.8, 4) is 11.5 Å². The summed E-state index contributed by atoms with van der Waals surface area (Å²) >= 11 is 2.88. The lowest BCUT2D eigenvalue weighted by Crippen LogP contribution is -2.42. The number of nitrogens with zero attached hydrogens (tertiary/aromatic N) is 1. The quantitative estimate of drug-likeness (QED) is 0.173. The van der Waals surface area contributed by atoms with Gasteiger partial charge in [0.1, 0.15) is 0 Å². The lowest BCUT2D eigenvalue weighted by atomic mass is 9.68. The zero-order valence-corrected chi connectivity index (χ0v) is 28.7. The van der Waals surface area contributed by atoms with E-state index in [9.17, 15) is 19.2 Å². The van der Waals surface area contributed by atoms with Gasteiger partial charge in [-0.1, -0.05) is 72.0 Å². The molecule has 1 aromatic heterocycles. The molecular formula is C39H33N3O6S2. The molecule has 2 bridgehead atoms. The van der Waals surface area contributed by atoms with Crippen molar-refractivity contribution in [1.29, 1.82) is 0 Å². The number of anilines is 2. The summed E-state index contributed by atoms with van der Waals surface area (Å²) in [6.45, 7) is 2.07. The van der Waals surface area contributed by atoms with Crippen molar-refractivity contribution in [3.05, 3.63) is 111 Å². The van der Waals surface area contributed by atoms with Crippen LogP contribution in [0, 0.1) is 29.6 Å². The zero-order chi connectivity index (χ0) is 34.1. The second-order valence-electron chi connectivity index (χ2n) is 13.3. The summed E-state index contributed by atoms with van der Waals surface area (Å²) in [6.07, 6.45) is 0.804. The molecule has 3 fully saturated rings. The summed E-state index contributed by atoms with van der Waals surface area (Å²) in [4.78, 5) is 59.0. The van der Waals surface area contributed by atoms with Crippen LogP contribution >= 0.6 is 23.1 Å². The van der Waals surface area contributed by atoms with Crippen LogP contribution in [-0.4, -0.2) is 41.2 Å². The molecule has 0 unspecified atom stereocenters. The molecule has 2 saturated carbocycles. The number of amides is 3. The Morgan fingerprint density at radius 2 is 1.64 bits per heavy atom. The van der Waals surface area contributed by atoms with Gasteiger partial charge in [0.2, 0.25) is 11.8 Å². The number of ether oxygens (including phenoxy) is 2. The smallest absolute Gasteiger partial charge is 0.305 e. The van der Waals surface area contributed by atoms with Gasteiger partial charge in [-0.15, -0.1) is 11.8 Å². The number of hydrogen-bond donors (Lipinski definition) is 2. The molecule has 9 rings (SSSR count). The van der Waals surface area contributed by atoms with Crippen molar-refractivity contribution >= 4 is 63.0 Å². The zero-order valence-electron chi connectivity index (χ0n) is 27.0. The van der Waals surface area contributed by atoms with Crippen LogP contribution in [0.2, 0.25) is 0 Å². The molecule has 0 radical (unpaired) electrons. The Hall–Kier alpha value is -4.87. The Balaban J connectivity index is 1.01. The molecule has 9 nitrogen and oxygen atoms in total. The first-order valence-electron chi connectivity index (χ1n) is 16.9. The fourth-order valence-electron chi connectivity index (χ4n) is 8.99. The van der Waals surface area contributed by atoms with Crippen LogP contribution in [0.15, 0.2) is 101 Å². The number of aromatic amines is 1. The minimum absolute atomic E-state index is 0.00718. The summed E-state index contributed by atoms with van der Waals surface area (Å²) in [5.41, 5.74) is 2.29. The molecule has 1 saturated heterocycles. The number of para-hydroxylation sites is 1. The van der Waals surface area contributed by atoms with Gasteiger partial charge in [-0.2, -0.15) is 0 Å². The van der Waals surface area contributed by atoms with Gasteiger partial charge in [0.25, 0.3) is 5.91 Å². The van der Waals surface area contributed by atoms with Gasteiger partial charge >= 0.3 is 4.87 Å². The Kier molecular flexibility index (Phi) is 7.58. The van der Waals surface area contributed by atoms with Gasteiger partial charge in [-0.25, -0.2) is 0 Å². The van der Waals surface area contributed by atoms with Crippen molar-refractivity contribution in [2.24, 2.45) is 29.6 Å². The number of imide groups is 1. The first-order valence-corrected chi connectivity index (χ1v) is 18.6. The van der Waals surface area contributed by atoms with Crippen molar-refractivity contribution in [1.82, 2.24) is 4.98 Å². The van der Waals surface area contributed by atoms with Gasteiger partial charge in [0.15, 0.2) is 18.1 Å². The lowest BCUT2D eigenvalue weighted by molar-refractivity contribution is -0.123. The SMILES string of the molecule is CCOc1cc([C@@H]2c3sc(=O)[nH]c3S[C@@H]3[C@@H]4C[C@@H]([C@@H]5C(=O)N(c6ccccc6)C(=O)[C@@H]45)[C@H]23)ccc1OCC(=O)Nc1cccc2ccccc12. The molecule has 3 amide bonds. The number of rotatable bonds is 8. The highest BCUT2D eigenvalue weighted by Gasteiger charge is 2.69. The molecule has 0 spiro atoms. The summed E-state index contributed by atoms with van der Waals surface area (Å²) < 4.78 is 12.1. The molecule has 5 aromatic rings. The van der Waals surface area contributed by atoms with Crippen LogP contribution in [0.25, 0.3) is 10.8 Å². The molecule has 50 heavy (non-hydrogen) atoms. The Bertz CT molecular complexity index is 2230. The third kappa shape index (κ3) is 4.89. The van der Waals surface area contributed by atoms with Crippen molar-refractivity contribution in [2.45, 2.75) is 29.5 Å². The molecule has 11 heteroatoms. The van der Waals surface area contributed by atoms with E-state index in [0.29, 0.717) is 29.5 Å². The highest BCUT2D eigenvalue weighted by molar-refractivity contribution is 8.00. The summed E-state index contributed by atoms with van der Waals surface area (Å²) in [6, 6.07) is 28.6. The average molecular weight is 704 g/mol. The number of thiazole rings is 1. The number of aromatic nitrogens is 1. The average Bonchev–Trinajstić information content (AvgIpc) is 3.87. The summed E-state index contributed by atoms with van der Waals surface area (Å²) in [5.74, 6) is -0.422. The van der Waals surface area contributed by atoms with E-state index in [0.717, 1.165) is 32.7 Å². The van der Waals surface area contributed by atoms with Crippen LogP contribution in [0.3, 0.4) is 0 Å². The number of fused-ring (bicyclic) bond motifs is 10. The van der Waals surface area contributed by atoms with Gasteiger partial charge in [0, 0.05) is 27.1 Å². The Morgan fingerprint density at radius 3 is 2.46 bits per heavy atom. The number of carbonyl (C=O) groups is 3. The molecule has 2 aliphatic heterocycles. The first-order chi connectivity index (χ1) is 24.4. The van der Waals surface area contributed by atoms with Crippen molar-refractivity contribution in [2.75, 3.05) is 23.4 Å². The van der Waals surface area contributed by atoms with Crippen LogP contribution in [0.4, 0.5) is 11.4 Å². The maximum atomic E-state index is 14.0. The standard InChI is InChI=1S/C39H33N3O6S2/c1-2-47-28-17-21(15-16-27(28)48-19-29(43)40-26-14-8-10-20-9-6-7-13-23(20)26)30-31-24-18-25(34(31)49-36-35(30)50-39(46)41-36)33-32(24)37(44)42(38(33)45)22-11-4-3-5-12-22/h3-17,24-25,30-34H,2,18-19H2,1H3,(H,40,43)(H,41,46)/t24-,25-,30+,31-,32+,33+,34-/m1/s1. The Morgan fingerprint density at radius 1 is 0.880 bits per heavy atom. The third-order valence-corrected chi connectivity index (χ3v) is 13.4. The maximum Gasteiger partial charge on any atom is 0.305 e. The molecule has 7 atom stereocenters. The predicted molar refractivity (Wildman–Crippen MR) is 193 cm³/mol.